The molecular weight excluding hydrogens is 433 g/mol. The predicted molar refractivity (Wildman–Crippen MR) is 124 cm³/mol. The maximum absolute atomic E-state index is 13.4. The van der Waals surface area contributed by atoms with Crippen molar-refractivity contribution in [3.05, 3.63) is 53.9 Å². The molecule has 3 N–H and O–H groups in total. The summed E-state index contributed by atoms with van der Waals surface area (Å²) >= 11 is 0. The Morgan fingerprint density at radius 1 is 1.03 bits per heavy atom. The van der Waals surface area contributed by atoms with Crippen LogP contribution in [0.15, 0.2) is 42.7 Å². The van der Waals surface area contributed by atoms with Gasteiger partial charge in [-0.2, -0.15) is 13.2 Å². The summed E-state index contributed by atoms with van der Waals surface area (Å²) in [6.07, 6.45) is -1.50. The van der Waals surface area contributed by atoms with Crippen LogP contribution in [0.5, 0.6) is 0 Å². The molecule has 4 aromatic rings. The van der Waals surface area contributed by atoms with E-state index in [1.807, 2.05) is 30.0 Å². The molecule has 5 rings (SSSR count). The lowest BCUT2D eigenvalue weighted by atomic mass is 10.2. The molecule has 1 saturated heterocycles. The number of halogens is 3. The number of aromatic amines is 1. The van der Waals surface area contributed by atoms with Gasteiger partial charge >= 0.3 is 6.18 Å². The maximum Gasteiger partial charge on any atom is 0.419 e. The van der Waals surface area contributed by atoms with E-state index in [4.69, 9.17) is 5.73 Å². The van der Waals surface area contributed by atoms with E-state index in [2.05, 4.69) is 24.9 Å². The summed E-state index contributed by atoms with van der Waals surface area (Å²) in [6, 6.07) is 8.24. The first-order valence-corrected chi connectivity index (χ1v) is 10.4. The molecule has 0 saturated carbocycles. The van der Waals surface area contributed by atoms with Crippen LogP contribution in [0.25, 0.3) is 22.6 Å². The molecule has 0 radical (unpaired) electrons. The van der Waals surface area contributed by atoms with Crippen molar-refractivity contribution in [3.63, 3.8) is 0 Å². The van der Waals surface area contributed by atoms with Crippen molar-refractivity contribution in [3.8, 4) is 11.5 Å². The van der Waals surface area contributed by atoms with Crippen LogP contribution in [0.1, 0.15) is 14.0 Å². The van der Waals surface area contributed by atoms with Crippen molar-refractivity contribution in [2.24, 2.45) is 0 Å². The minimum absolute atomic E-state index is 0. The van der Waals surface area contributed by atoms with Gasteiger partial charge in [0.25, 0.3) is 0 Å². The summed E-state index contributed by atoms with van der Waals surface area (Å²) in [5.41, 5.74) is 8.57. The minimum Gasteiger partial charge on any atom is -0.382 e. The Morgan fingerprint density at radius 2 is 1.79 bits per heavy atom. The zero-order valence-electron chi connectivity index (χ0n) is 17.8. The maximum atomic E-state index is 13.4. The Bertz CT molecular complexity index is 1320. The number of alkyl halides is 3. The fourth-order valence-electron chi connectivity index (χ4n) is 3.97. The normalized spacial score (nSPS) is 14.8. The monoisotopic (exact) mass is 458 g/mol. The lowest BCUT2D eigenvalue weighted by Gasteiger charge is -2.36. The van der Waals surface area contributed by atoms with E-state index in [9.17, 15) is 13.2 Å². The third-order valence-electron chi connectivity index (χ3n) is 5.65. The molecule has 11 heteroatoms. The van der Waals surface area contributed by atoms with Gasteiger partial charge in [0.05, 0.1) is 22.8 Å². The molecule has 0 bridgehead atoms. The molecule has 174 valence electrons. The number of benzene rings is 1. The van der Waals surface area contributed by atoms with Crippen LogP contribution >= 0.6 is 0 Å². The van der Waals surface area contributed by atoms with Gasteiger partial charge in [-0.1, -0.05) is 6.07 Å². The van der Waals surface area contributed by atoms with Crippen LogP contribution in [0.2, 0.25) is 0 Å². The Morgan fingerprint density at radius 3 is 2.55 bits per heavy atom. The number of hydrogen-bond acceptors (Lipinski definition) is 7. The van der Waals surface area contributed by atoms with Crippen LogP contribution in [0.4, 0.5) is 30.6 Å². The molecule has 1 fully saturated rings. The lowest BCUT2D eigenvalue weighted by molar-refractivity contribution is -0.137. The van der Waals surface area contributed by atoms with Gasteiger partial charge in [-0.05, 0) is 36.8 Å². The number of aromatic nitrogens is 5. The van der Waals surface area contributed by atoms with Gasteiger partial charge in [0, 0.05) is 35.2 Å². The van der Waals surface area contributed by atoms with Gasteiger partial charge < -0.3 is 20.5 Å². The molecule has 3 aromatic heterocycles. The van der Waals surface area contributed by atoms with Gasteiger partial charge in [0.1, 0.15) is 11.6 Å². The van der Waals surface area contributed by atoms with Gasteiger partial charge in [-0.25, -0.2) is 19.9 Å². The Hall–Kier alpha value is -3.89. The molecule has 0 unspecified atom stereocenters. The second-order valence-electron chi connectivity index (χ2n) is 7.91. The average molecular weight is 458 g/mol. The molecule has 1 aromatic carbocycles. The SMILES string of the molecule is Cc1ccc2nc(-c3nc(N4CCN(c5ncccc5C(F)(F)F)CC4)cnc3N)[nH]c2c1.[HH].[HH]. The third kappa shape index (κ3) is 4.01. The summed E-state index contributed by atoms with van der Waals surface area (Å²) in [5.74, 6) is 1.31. The minimum atomic E-state index is -4.46. The van der Waals surface area contributed by atoms with Crippen molar-refractivity contribution in [1.82, 2.24) is 24.9 Å². The first-order valence-electron chi connectivity index (χ1n) is 10.4. The molecule has 4 heterocycles. The van der Waals surface area contributed by atoms with Crippen LogP contribution in [-0.2, 0) is 6.18 Å². The number of nitrogens with one attached hydrogen (secondary N) is 1. The molecule has 33 heavy (non-hydrogen) atoms. The first kappa shape index (κ1) is 21.0. The number of rotatable bonds is 3. The Kier molecular flexibility index (Phi) is 5.03. The highest BCUT2D eigenvalue weighted by Gasteiger charge is 2.36. The first-order chi connectivity index (χ1) is 15.8. The zero-order chi connectivity index (χ0) is 23.2. The second kappa shape index (κ2) is 7.91. The summed E-state index contributed by atoms with van der Waals surface area (Å²) < 4.78 is 40.1. The number of hydrogen-bond donors (Lipinski definition) is 2. The van der Waals surface area contributed by atoms with Crippen molar-refractivity contribution < 1.29 is 16.0 Å². The molecule has 1 aliphatic heterocycles. The van der Waals surface area contributed by atoms with Crippen LogP contribution in [0, 0.1) is 6.92 Å². The zero-order valence-corrected chi connectivity index (χ0v) is 17.8. The summed E-state index contributed by atoms with van der Waals surface area (Å²) in [7, 11) is 0. The molecule has 0 atom stereocenters. The van der Waals surface area contributed by atoms with E-state index in [-0.39, 0.29) is 14.5 Å². The topological polar surface area (TPSA) is 99.8 Å². The number of fused-ring (bicyclic) bond motifs is 1. The highest BCUT2D eigenvalue weighted by molar-refractivity contribution is 5.81. The van der Waals surface area contributed by atoms with E-state index in [1.165, 1.54) is 12.3 Å². The van der Waals surface area contributed by atoms with Gasteiger partial charge in [-0.3, -0.25) is 0 Å². The number of pyridine rings is 1. The van der Waals surface area contributed by atoms with Gasteiger partial charge in [0.2, 0.25) is 0 Å². The van der Waals surface area contributed by atoms with Gasteiger partial charge in [-0.15, -0.1) is 0 Å². The number of nitrogens with zero attached hydrogens (tertiary/aromatic N) is 6. The lowest BCUT2D eigenvalue weighted by Crippen LogP contribution is -2.47. The number of H-pyrrole nitrogens is 1. The van der Waals surface area contributed by atoms with E-state index in [0.29, 0.717) is 43.5 Å². The fourth-order valence-corrected chi connectivity index (χ4v) is 3.97. The number of piperazine rings is 1. The van der Waals surface area contributed by atoms with Crippen molar-refractivity contribution in [2.75, 3.05) is 41.7 Å². The third-order valence-corrected chi connectivity index (χ3v) is 5.65. The molecule has 0 aliphatic carbocycles. The summed E-state index contributed by atoms with van der Waals surface area (Å²) in [5, 5.41) is 0. The van der Waals surface area contributed by atoms with Crippen LogP contribution < -0.4 is 15.5 Å². The smallest absolute Gasteiger partial charge is 0.382 e. The van der Waals surface area contributed by atoms with Crippen molar-refractivity contribution in [2.45, 2.75) is 13.1 Å². The standard InChI is InChI=1S/C22H21F3N8.2H2/c1-13-4-5-15-16(11-13)30-20(29-15)18-19(26)28-12-17(31-18)32-7-9-33(10-8-32)21-14(22(23,24)25)3-2-6-27-21;;/h2-6,11-12H,7-10H2,1H3,(H2,26,28)(H,29,30);2*1H. The van der Waals surface area contributed by atoms with Crippen LogP contribution in [-0.4, -0.2) is 51.1 Å². The number of anilines is 3. The van der Waals surface area contributed by atoms with E-state index in [0.717, 1.165) is 22.7 Å². The average Bonchev–Trinajstić information content (AvgIpc) is 3.22. The number of nitrogen functional groups attached to an aromatic ring is 1. The van der Waals surface area contributed by atoms with Gasteiger partial charge in [0.15, 0.2) is 17.3 Å². The Labute approximate surface area is 190 Å². The molecule has 0 amide bonds. The number of aryl methyl sites for hydroxylation is 1. The molecule has 8 nitrogen and oxygen atoms in total. The molecule has 0 spiro atoms. The molecular formula is C22H25F3N8. The molecule has 1 aliphatic rings. The Balaban J connectivity index is 0.00000171. The summed E-state index contributed by atoms with van der Waals surface area (Å²) in [6.45, 7) is 3.66. The van der Waals surface area contributed by atoms with Crippen LogP contribution in [0.3, 0.4) is 0 Å². The fraction of sp³-hybridized carbons (Fsp3) is 0.273. The largest absolute Gasteiger partial charge is 0.419 e. The number of nitrogens with two attached hydrogens (primary N) is 1. The highest BCUT2D eigenvalue weighted by Crippen LogP contribution is 2.35. The van der Waals surface area contributed by atoms with E-state index < -0.39 is 11.7 Å². The highest BCUT2D eigenvalue weighted by atomic mass is 19.4. The van der Waals surface area contributed by atoms with E-state index in [1.54, 1.807) is 11.1 Å². The van der Waals surface area contributed by atoms with Crippen molar-refractivity contribution >= 4 is 28.5 Å². The van der Waals surface area contributed by atoms with Crippen molar-refractivity contribution in [1.29, 1.82) is 0 Å². The predicted octanol–water partition coefficient (Wildman–Crippen LogP) is 4.14. The number of imidazole rings is 1. The van der Waals surface area contributed by atoms with E-state index >= 15 is 0 Å². The quantitative estimate of drug-likeness (QED) is 0.476. The summed E-state index contributed by atoms with van der Waals surface area (Å²) in [4.78, 5) is 24.4. The second-order valence-corrected chi connectivity index (χ2v) is 7.91.